The van der Waals surface area contributed by atoms with Crippen LogP contribution in [0.2, 0.25) is 0 Å². The second-order valence-corrected chi connectivity index (χ2v) is 3.08. The first kappa shape index (κ1) is 8.86. The molecule has 1 rings (SSSR count). The molecule has 1 heterocycles. The third-order valence-electron chi connectivity index (χ3n) is 2.05. The van der Waals surface area contributed by atoms with E-state index in [1.165, 1.54) is 5.69 Å². The molecule has 0 aliphatic rings. The van der Waals surface area contributed by atoms with Gasteiger partial charge in [-0.1, -0.05) is 6.92 Å². The molecule has 0 saturated heterocycles. The zero-order chi connectivity index (χ0) is 9.14. The fourth-order valence-corrected chi connectivity index (χ4v) is 1.51. The molecule has 1 aromatic heterocycles. The predicted octanol–water partition coefficient (Wildman–Crippen LogP) is 2.39. The van der Waals surface area contributed by atoms with Gasteiger partial charge in [0.1, 0.15) is 11.8 Å². The van der Waals surface area contributed by atoms with E-state index < -0.39 is 0 Å². The highest BCUT2D eigenvalue weighted by Gasteiger charge is 2.07. The van der Waals surface area contributed by atoms with Crippen LogP contribution in [0, 0.1) is 25.2 Å². The molecule has 0 amide bonds. The molecule has 0 spiro atoms. The molecule has 12 heavy (non-hydrogen) atoms. The Hall–Kier alpha value is -1.23. The molecule has 0 aliphatic heterocycles. The maximum Gasteiger partial charge on any atom is 0.123 e. The highest BCUT2D eigenvalue weighted by molar-refractivity contribution is 5.35. The van der Waals surface area contributed by atoms with E-state index in [-0.39, 0.29) is 0 Å². The SMILES string of the molecule is CCCn1c(C)cc(C)c1C#N. The first-order valence-corrected chi connectivity index (χ1v) is 4.27. The largest absolute Gasteiger partial charge is 0.337 e. The summed E-state index contributed by atoms with van der Waals surface area (Å²) < 4.78 is 2.08. The number of rotatable bonds is 2. The van der Waals surface area contributed by atoms with Crippen LogP contribution in [-0.4, -0.2) is 4.57 Å². The molecule has 0 N–H and O–H groups in total. The van der Waals surface area contributed by atoms with E-state index in [0.717, 1.165) is 24.2 Å². The van der Waals surface area contributed by atoms with Gasteiger partial charge in [0.25, 0.3) is 0 Å². The van der Waals surface area contributed by atoms with Crippen LogP contribution in [0.1, 0.15) is 30.3 Å². The van der Waals surface area contributed by atoms with Crippen molar-refractivity contribution in [3.63, 3.8) is 0 Å². The Labute approximate surface area is 73.4 Å². The lowest BCUT2D eigenvalue weighted by molar-refractivity contribution is 0.658. The van der Waals surface area contributed by atoms with Crippen LogP contribution in [0.4, 0.5) is 0 Å². The van der Waals surface area contributed by atoms with Gasteiger partial charge in [-0.2, -0.15) is 5.26 Å². The third-order valence-corrected chi connectivity index (χ3v) is 2.05. The Balaban J connectivity index is 3.16. The van der Waals surface area contributed by atoms with Crippen LogP contribution in [-0.2, 0) is 6.54 Å². The minimum absolute atomic E-state index is 0.814. The summed E-state index contributed by atoms with van der Waals surface area (Å²) in [5, 5.41) is 8.87. The minimum Gasteiger partial charge on any atom is -0.337 e. The molecule has 0 saturated carbocycles. The molecule has 0 bridgehead atoms. The summed E-state index contributed by atoms with van der Waals surface area (Å²) in [7, 11) is 0. The number of aryl methyl sites for hydroxylation is 2. The Kier molecular flexibility index (Phi) is 2.54. The summed E-state index contributed by atoms with van der Waals surface area (Å²) in [5.41, 5.74) is 3.09. The lowest BCUT2D eigenvalue weighted by Crippen LogP contribution is -2.01. The summed E-state index contributed by atoms with van der Waals surface area (Å²) in [4.78, 5) is 0. The monoisotopic (exact) mass is 162 g/mol. The average molecular weight is 162 g/mol. The van der Waals surface area contributed by atoms with Crippen molar-refractivity contribution in [1.82, 2.24) is 4.57 Å². The third kappa shape index (κ3) is 1.35. The Morgan fingerprint density at radius 2 is 2.17 bits per heavy atom. The van der Waals surface area contributed by atoms with Gasteiger partial charge in [-0.05, 0) is 31.9 Å². The topological polar surface area (TPSA) is 28.7 Å². The standard InChI is InChI=1S/C10H14N2/c1-4-5-12-9(3)6-8(2)10(12)7-11/h6H,4-5H2,1-3H3. The molecule has 0 unspecified atom stereocenters. The van der Waals surface area contributed by atoms with Crippen molar-refractivity contribution in [3.05, 3.63) is 23.0 Å². The van der Waals surface area contributed by atoms with E-state index >= 15 is 0 Å². The van der Waals surface area contributed by atoms with Crippen molar-refractivity contribution >= 4 is 0 Å². The van der Waals surface area contributed by atoms with Crippen molar-refractivity contribution in [2.24, 2.45) is 0 Å². The number of aromatic nitrogens is 1. The molecule has 2 nitrogen and oxygen atoms in total. The number of hydrogen-bond donors (Lipinski definition) is 0. The first-order valence-electron chi connectivity index (χ1n) is 4.27. The van der Waals surface area contributed by atoms with Gasteiger partial charge in [-0.3, -0.25) is 0 Å². The molecule has 0 aromatic carbocycles. The van der Waals surface area contributed by atoms with Gasteiger partial charge in [-0.15, -0.1) is 0 Å². The van der Waals surface area contributed by atoms with Crippen LogP contribution >= 0.6 is 0 Å². The number of nitrogens with zero attached hydrogens (tertiary/aromatic N) is 2. The van der Waals surface area contributed by atoms with Crippen LogP contribution in [0.15, 0.2) is 6.07 Å². The van der Waals surface area contributed by atoms with E-state index in [1.54, 1.807) is 0 Å². The predicted molar refractivity (Wildman–Crippen MR) is 48.9 cm³/mol. The lowest BCUT2D eigenvalue weighted by atomic mass is 10.3. The normalized spacial score (nSPS) is 9.83. The zero-order valence-electron chi connectivity index (χ0n) is 7.89. The lowest BCUT2D eigenvalue weighted by Gasteiger charge is -2.04. The van der Waals surface area contributed by atoms with Gasteiger partial charge in [0.15, 0.2) is 0 Å². The quantitative estimate of drug-likeness (QED) is 0.656. The van der Waals surface area contributed by atoms with Gasteiger partial charge < -0.3 is 4.57 Å². The van der Waals surface area contributed by atoms with Crippen molar-refractivity contribution in [1.29, 1.82) is 5.26 Å². The maximum atomic E-state index is 8.87. The molecule has 0 radical (unpaired) electrons. The minimum atomic E-state index is 0.814. The van der Waals surface area contributed by atoms with Gasteiger partial charge in [0.05, 0.1) is 0 Å². The molecule has 0 atom stereocenters. The van der Waals surface area contributed by atoms with Crippen molar-refractivity contribution < 1.29 is 0 Å². The van der Waals surface area contributed by atoms with Crippen molar-refractivity contribution in [2.45, 2.75) is 33.7 Å². The van der Waals surface area contributed by atoms with Crippen molar-refractivity contribution in [3.8, 4) is 6.07 Å². The smallest absolute Gasteiger partial charge is 0.123 e. The fourth-order valence-electron chi connectivity index (χ4n) is 1.51. The highest BCUT2D eigenvalue weighted by Crippen LogP contribution is 2.13. The summed E-state index contributed by atoms with van der Waals surface area (Å²) in [6, 6.07) is 4.30. The zero-order valence-corrected chi connectivity index (χ0v) is 7.89. The van der Waals surface area contributed by atoms with E-state index in [0.29, 0.717) is 0 Å². The van der Waals surface area contributed by atoms with Crippen LogP contribution in [0.25, 0.3) is 0 Å². The van der Waals surface area contributed by atoms with E-state index in [4.69, 9.17) is 5.26 Å². The van der Waals surface area contributed by atoms with Crippen LogP contribution in [0.3, 0.4) is 0 Å². The molecular weight excluding hydrogens is 148 g/mol. The maximum absolute atomic E-state index is 8.87. The van der Waals surface area contributed by atoms with Crippen LogP contribution in [0.5, 0.6) is 0 Å². The summed E-state index contributed by atoms with van der Waals surface area (Å²) in [6.45, 7) is 7.10. The second kappa shape index (κ2) is 3.44. The Morgan fingerprint density at radius 3 is 2.67 bits per heavy atom. The average Bonchev–Trinajstić information content (AvgIpc) is 2.28. The molecule has 1 aromatic rings. The van der Waals surface area contributed by atoms with Gasteiger partial charge in [-0.25, -0.2) is 0 Å². The second-order valence-electron chi connectivity index (χ2n) is 3.08. The summed E-state index contributed by atoms with van der Waals surface area (Å²) in [5.74, 6) is 0. The molecule has 0 fully saturated rings. The molecule has 64 valence electrons. The van der Waals surface area contributed by atoms with E-state index in [2.05, 4.69) is 23.6 Å². The van der Waals surface area contributed by atoms with Gasteiger partial charge >= 0.3 is 0 Å². The first-order chi connectivity index (χ1) is 5.70. The van der Waals surface area contributed by atoms with Crippen LogP contribution < -0.4 is 0 Å². The fraction of sp³-hybridized carbons (Fsp3) is 0.500. The summed E-state index contributed by atoms with van der Waals surface area (Å²) >= 11 is 0. The molecule has 0 aliphatic carbocycles. The Morgan fingerprint density at radius 1 is 1.50 bits per heavy atom. The summed E-state index contributed by atoms with van der Waals surface area (Å²) in [6.07, 6.45) is 1.07. The molecule has 2 heteroatoms. The van der Waals surface area contributed by atoms with Gasteiger partial charge in [0.2, 0.25) is 0 Å². The van der Waals surface area contributed by atoms with E-state index in [1.807, 2.05) is 13.8 Å². The van der Waals surface area contributed by atoms with E-state index in [9.17, 15) is 0 Å². The number of nitriles is 1. The number of hydrogen-bond acceptors (Lipinski definition) is 1. The van der Waals surface area contributed by atoms with Crippen molar-refractivity contribution in [2.75, 3.05) is 0 Å². The Bertz CT molecular complexity index is 315. The molecular formula is C10H14N2. The highest BCUT2D eigenvalue weighted by atomic mass is 15.0. The van der Waals surface area contributed by atoms with Gasteiger partial charge in [0, 0.05) is 12.2 Å².